The van der Waals surface area contributed by atoms with Crippen LogP contribution in [0.5, 0.6) is 0 Å². The Labute approximate surface area is 154 Å². The van der Waals surface area contributed by atoms with E-state index in [0.29, 0.717) is 12.0 Å². The quantitative estimate of drug-likeness (QED) is 0.218. The summed E-state index contributed by atoms with van der Waals surface area (Å²) >= 11 is 0. The molecule has 1 amide bonds. The minimum absolute atomic E-state index is 0.00184. The smallest absolute Gasteiger partial charge is 0.244 e. The first-order valence-corrected chi connectivity index (χ1v) is 9.88. The van der Waals surface area contributed by atoms with E-state index in [1.165, 1.54) is 44.6 Å². The third-order valence-electron chi connectivity index (χ3n) is 4.14. The summed E-state index contributed by atoms with van der Waals surface area (Å²) in [6, 6.07) is 0. The molecule has 0 rings (SSSR count). The van der Waals surface area contributed by atoms with E-state index in [-0.39, 0.29) is 5.78 Å². The van der Waals surface area contributed by atoms with Crippen molar-refractivity contribution in [3.8, 4) is 0 Å². The summed E-state index contributed by atoms with van der Waals surface area (Å²) in [6.45, 7) is 3.81. The monoisotopic (exact) mass is 347 g/mol. The maximum absolute atomic E-state index is 11.6. The Balaban J connectivity index is 3.44. The van der Waals surface area contributed by atoms with Gasteiger partial charge in [-0.3, -0.25) is 9.59 Å². The average Bonchev–Trinajstić information content (AvgIpc) is 2.58. The van der Waals surface area contributed by atoms with Crippen molar-refractivity contribution in [3.63, 3.8) is 0 Å². The average molecular weight is 348 g/mol. The third kappa shape index (κ3) is 17.0. The largest absolute Gasteiger partial charge is 0.366 e. The zero-order valence-corrected chi connectivity index (χ0v) is 16.3. The summed E-state index contributed by atoms with van der Waals surface area (Å²) in [4.78, 5) is 22.4. The Bertz CT molecular complexity index is 447. The van der Waals surface area contributed by atoms with E-state index < -0.39 is 5.91 Å². The molecule has 142 valence electrons. The van der Waals surface area contributed by atoms with Gasteiger partial charge < -0.3 is 5.73 Å². The molecule has 0 aliphatic heterocycles. The fourth-order valence-corrected chi connectivity index (χ4v) is 2.50. The molecule has 3 nitrogen and oxygen atoms in total. The topological polar surface area (TPSA) is 60.2 Å². The lowest BCUT2D eigenvalue weighted by atomic mass is 10.1. The molecule has 0 unspecified atom stereocenters. The van der Waals surface area contributed by atoms with E-state index in [1.807, 2.05) is 0 Å². The van der Waals surface area contributed by atoms with Crippen LogP contribution in [0, 0.1) is 0 Å². The van der Waals surface area contributed by atoms with Crippen molar-refractivity contribution in [3.05, 3.63) is 36.0 Å². The molecule has 0 aromatic rings. The first-order chi connectivity index (χ1) is 12.1. The number of carbonyl (C=O) groups is 2. The number of rotatable bonds is 16. The Morgan fingerprint density at radius 1 is 0.800 bits per heavy atom. The van der Waals surface area contributed by atoms with Crippen LogP contribution in [0.25, 0.3) is 0 Å². The van der Waals surface area contributed by atoms with E-state index >= 15 is 0 Å². The number of ketones is 1. The zero-order valence-electron chi connectivity index (χ0n) is 16.3. The molecule has 0 aromatic carbocycles. The highest BCUT2D eigenvalue weighted by molar-refractivity contribution is 6.00. The molecule has 0 spiro atoms. The number of amides is 1. The molecule has 25 heavy (non-hydrogen) atoms. The predicted molar refractivity (Wildman–Crippen MR) is 107 cm³/mol. The summed E-state index contributed by atoms with van der Waals surface area (Å²) in [5.41, 5.74) is 5.44. The van der Waals surface area contributed by atoms with Crippen molar-refractivity contribution >= 4 is 11.7 Å². The van der Waals surface area contributed by atoms with Gasteiger partial charge in [0.15, 0.2) is 5.78 Å². The van der Waals surface area contributed by atoms with Crippen LogP contribution >= 0.6 is 0 Å². The summed E-state index contributed by atoms with van der Waals surface area (Å²) in [5, 5.41) is 0. The number of hydrogen-bond donors (Lipinski definition) is 1. The van der Waals surface area contributed by atoms with Gasteiger partial charge in [0.25, 0.3) is 0 Å². The molecule has 0 saturated heterocycles. The number of carbonyl (C=O) groups excluding carboxylic acids is 2. The fourth-order valence-electron chi connectivity index (χ4n) is 2.50. The van der Waals surface area contributed by atoms with Crippen molar-refractivity contribution in [2.45, 2.75) is 90.9 Å². The third-order valence-corrected chi connectivity index (χ3v) is 4.14. The van der Waals surface area contributed by atoms with Crippen LogP contribution in [0.15, 0.2) is 36.0 Å². The van der Waals surface area contributed by atoms with E-state index in [2.05, 4.69) is 31.2 Å². The lowest BCUT2D eigenvalue weighted by Crippen LogP contribution is -2.12. The molecule has 0 aliphatic rings. The fraction of sp³-hybridized carbons (Fsp3) is 0.636. The van der Waals surface area contributed by atoms with Crippen LogP contribution in [0.3, 0.4) is 0 Å². The van der Waals surface area contributed by atoms with Gasteiger partial charge in [0.2, 0.25) is 5.91 Å². The van der Waals surface area contributed by atoms with Crippen LogP contribution in [-0.2, 0) is 9.59 Å². The normalized spacial score (nSPS) is 12.3. The van der Waals surface area contributed by atoms with Crippen molar-refractivity contribution < 1.29 is 9.59 Å². The van der Waals surface area contributed by atoms with E-state index in [0.717, 1.165) is 32.1 Å². The molecule has 0 aromatic heterocycles. The molecule has 2 N–H and O–H groups in total. The molecular formula is C22H37NO2. The SMILES string of the molecule is CCCCC/C=C\C/C=C\CCCCCCCC(=O)/C=C(/C)C(N)=O. The highest BCUT2D eigenvalue weighted by Gasteiger charge is 2.02. The Morgan fingerprint density at radius 3 is 1.96 bits per heavy atom. The minimum Gasteiger partial charge on any atom is -0.366 e. The standard InChI is InChI=1S/C22H37NO2/c1-3-4-5-6-7-8-9-10-11-12-13-14-15-16-17-18-21(24)19-20(2)22(23)25/h7-8,10-11,19H,3-6,9,12-18H2,1-2H3,(H2,23,25)/b8-7-,11-10-,20-19-. The molecule has 0 bridgehead atoms. The Hall–Kier alpha value is -1.64. The van der Waals surface area contributed by atoms with Gasteiger partial charge in [-0.1, -0.05) is 63.3 Å². The van der Waals surface area contributed by atoms with E-state index in [4.69, 9.17) is 5.73 Å². The van der Waals surface area contributed by atoms with Gasteiger partial charge in [-0.25, -0.2) is 0 Å². The van der Waals surface area contributed by atoms with Crippen LogP contribution in [0.4, 0.5) is 0 Å². The van der Waals surface area contributed by atoms with Crippen LogP contribution in [0.1, 0.15) is 90.9 Å². The number of unbranched alkanes of at least 4 members (excludes halogenated alkanes) is 8. The van der Waals surface area contributed by atoms with Gasteiger partial charge in [-0.05, 0) is 51.5 Å². The maximum Gasteiger partial charge on any atom is 0.244 e. The molecule has 0 aliphatic carbocycles. The predicted octanol–water partition coefficient (Wildman–Crippen LogP) is 5.80. The van der Waals surface area contributed by atoms with E-state index in [1.54, 1.807) is 6.92 Å². The number of nitrogens with two attached hydrogens (primary N) is 1. The van der Waals surface area contributed by atoms with Crippen molar-refractivity contribution in [1.29, 1.82) is 0 Å². The molecular weight excluding hydrogens is 310 g/mol. The first-order valence-electron chi connectivity index (χ1n) is 9.88. The van der Waals surface area contributed by atoms with Crippen LogP contribution in [0.2, 0.25) is 0 Å². The van der Waals surface area contributed by atoms with Crippen molar-refractivity contribution in [1.82, 2.24) is 0 Å². The van der Waals surface area contributed by atoms with Gasteiger partial charge in [-0.2, -0.15) is 0 Å². The van der Waals surface area contributed by atoms with E-state index in [9.17, 15) is 9.59 Å². The second-order valence-electron chi connectivity index (χ2n) is 6.64. The summed E-state index contributed by atoms with van der Waals surface area (Å²) in [6.07, 6.45) is 23.8. The summed E-state index contributed by atoms with van der Waals surface area (Å²) in [5.74, 6) is -0.518. The van der Waals surface area contributed by atoms with Gasteiger partial charge in [0, 0.05) is 12.0 Å². The van der Waals surface area contributed by atoms with Crippen LogP contribution < -0.4 is 5.73 Å². The lowest BCUT2D eigenvalue weighted by Gasteiger charge is -1.99. The van der Waals surface area contributed by atoms with Gasteiger partial charge in [-0.15, -0.1) is 0 Å². The maximum atomic E-state index is 11.6. The van der Waals surface area contributed by atoms with Gasteiger partial charge in [0.05, 0.1) is 0 Å². The van der Waals surface area contributed by atoms with Crippen molar-refractivity contribution in [2.24, 2.45) is 5.73 Å². The molecule has 0 heterocycles. The highest BCUT2D eigenvalue weighted by atomic mass is 16.1. The Morgan fingerprint density at radius 2 is 1.36 bits per heavy atom. The number of hydrogen-bond acceptors (Lipinski definition) is 2. The minimum atomic E-state index is -0.520. The van der Waals surface area contributed by atoms with Crippen LogP contribution in [-0.4, -0.2) is 11.7 Å². The number of primary amides is 1. The lowest BCUT2D eigenvalue weighted by molar-refractivity contribution is -0.117. The molecule has 0 saturated carbocycles. The molecule has 0 fully saturated rings. The molecule has 0 radical (unpaired) electrons. The second kappa shape index (κ2) is 17.2. The summed E-state index contributed by atoms with van der Waals surface area (Å²) < 4.78 is 0. The van der Waals surface area contributed by atoms with Gasteiger partial charge in [0.1, 0.15) is 0 Å². The number of allylic oxidation sites excluding steroid dienone is 5. The second-order valence-corrected chi connectivity index (χ2v) is 6.64. The van der Waals surface area contributed by atoms with Crippen molar-refractivity contribution in [2.75, 3.05) is 0 Å². The first kappa shape index (κ1) is 23.4. The molecule has 0 atom stereocenters. The Kier molecular flexibility index (Phi) is 16.1. The summed E-state index contributed by atoms with van der Waals surface area (Å²) in [7, 11) is 0. The highest BCUT2D eigenvalue weighted by Crippen LogP contribution is 2.09. The molecule has 3 heteroatoms. The van der Waals surface area contributed by atoms with Gasteiger partial charge >= 0.3 is 0 Å². The zero-order chi connectivity index (χ0) is 18.8.